The van der Waals surface area contributed by atoms with Crippen molar-refractivity contribution in [2.24, 2.45) is 0 Å². The molecule has 1 aliphatic heterocycles. The highest BCUT2D eigenvalue weighted by Gasteiger charge is 2.19. The summed E-state index contributed by atoms with van der Waals surface area (Å²) in [5.41, 5.74) is 2.03. The molecule has 0 bridgehead atoms. The third-order valence-electron chi connectivity index (χ3n) is 5.04. The van der Waals surface area contributed by atoms with Crippen LogP contribution in [0.2, 0.25) is 0 Å². The Morgan fingerprint density at radius 2 is 1.59 bits per heavy atom. The molecule has 6 nitrogen and oxygen atoms in total. The van der Waals surface area contributed by atoms with Gasteiger partial charge in [0.25, 0.3) is 0 Å². The molecule has 0 saturated carbocycles. The van der Waals surface area contributed by atoms with Gasteiger partial charge in [-0.15, -0.1) is 5.10 Å². The van der Waals surface area contributed by atoms with Crippen LogP contribution in [0.15, 0.2) is 54.9 Å². The molecule has 7 heteroatoms. The first kappa shape index (κ1) is 18.0. The van der Waals surface area contributed by atoms with E-state index in [-0.39, 0.29) is 0 Å². The summed E-state index contributed by atoms with van der Waals surface area (Å²) in [6.45, 7) is 8.32. The molecule has 4 rings (SSSR count). The molecule has 3 heterocycles. The van der Waals surface area contributed by atoms with Crippen molar-refractivity contribution < 1.29 is 0 Å². The number of hydrogen-bond acceptors (Lipinski definition) is 5. The van der Waals surface area contributed by atoms with Gasteiger partial charge in [-0.05, 0) is 43.0 Å². The van der Waals surface area contributed by atoms with Crippen LogP contribution in [-0.2, 0) is 6.67 Å². The minimum atomic E-state index is 0.714. The molecule has 27 heavy (non-hydrogen) atoms. The van der Waals surface area contributed by atoms with Crippen molar-refractivity contribution in [3.8, 4) is 17.1 Å². The van der Waals surface area contributed by atoms with Crippen molar-refractivity contribution in [2.75, 3.05) is 32.7 Å². The second-order valence-electron chi connectivity index (χ2n) is 6.71. The summed E-state index contributed by atoms with van der Waals surface area (Å²) in [5.74, 6) is 0.848. The Morgan fingerprint density at radius 3 is 2.26 bits per heavy atom. The number of aromatic nitrogens is 4. The predicted octanol–water partition coefficient (Wildman–Crippen LogP) is 3.06. The Balaban J connectivity index is 1.70. The molecule has 1 aromatic carbocycles. The summed E-state index contributed by atoms with van der Waals surface area (Å²) in [5, 5.41) is 4.88. The van der Waals surface area contributed by atoms with Crippen LogP contribution in [0.25, 0.3) is 17.1 Å². The number of hydrogen-bond donors (Lipinski definition) is 0. The van der Waals surface area contributed by atoms with Gasteiger partial charge in [-0.3, -0.25) is 14.5 Å². The summed E-state index contributed by atoms with van der Waals surface area (Å²) in [4.78, 5) is 9.02. The zero-order valence-corrected chi connectivity index (χ0v) is 16.3. The largest absolute Gasteiger partial charge is 0.301 e. The van der Waals surface area contributed by atoms with Crippen molar-refractivity contribution >= 4 is 12.2 Å². The van der Waals surface area contributed by atoms with E-state index in [0.717, 1.165) is 49.8 Å². The quantitative estimate of drug-likeness (QED) is 0.637. The summed E-state index contributed by atoms with van der Waals surface area (Å²) < 4.78 is 4.71. The molecule has 0 unspecified atom stereocenters. The maximum atomic E-state index is 5.82. The number of rotatable bonds is 5. The van der Waals surface area contributed by atoms with E-state index in [2.05, 4.69) is 33.8 Å². The van der Waals surface area contributed by atoms with E-state index in [9.17, 15) is 0 Å². The molecular weight excluding hydrogens is 356 g/mol. The summed E-state index contributed by atoms with van der Waals surface area (Å²) in [6.07, 6.45) is 3.58. The predicted molar refractivity (Wildman–Crippen MR) is 109 cm³/mol. The van der Waals surface area contributed by atoms with Crippen molar-refractivity contribution in [1.29, 1.82) is 0 Å². The number of pyridine rings is 1. The van der Waals surface area contributed by atoms with Crippen LogP contribution in [0, 0.1) is 4.77 Å². The lowest BCUT2D eigenvalue weighted by Crippen LogP contribution is -2.46. The van der Waals surface area contributed by atoms with E-state index in [1.54, 1.807) is 12.4 Å². The minimum absolute atomic E-state index is 0.714. The van der Waals surface area contributed by atoms with Gasteiger partial charge in [-0.2, -0.15) is 0 Å². The first-order valence-corrected chi connectivity index (χ1v) is 9.77. The average Bonchev–Trinajstić information content (AvgIpc) is 3.06. The van der Waals surface area contributed by atoms with E-state index in [4.69, 9.17) is 17.3 Å². The average molecular weight is 381 g/mol. The van der Waals surface area contributed by atoms with Crippen LogP contribution in [0.3, 0.4) is 0 Å². The van der Waals surface area contributed by atoms with E-state index >= 15 is 0 Å². The van der Waals surface area contributed by atoms with Crippen LogP contribution in [0.5, 0.6) is 0 Å². The monoisotopic (exact) mass is 380 g/mol. The smallest absolute Gasteiger partial charge is 0.204 e. The Hall–Kier alpha value is -2.35. The van der Waals surface area contributed by atoms with Crippen molar-refractivity contribution in [2.45, 2.75) is 13.6 Å². The van der Waals surface area contributed by atoms with Gasteiger partial charge < -0.3 is 4.90 Å². The highest BCUT2D eigenvalue weighted by Crippen LogP contribution is 2.22. The van der Waals surface area contributed by atoms with Crippen LogP contribution in [0.4, 0.5) is 0 Å². The van der Waals surface area contributed by atoms with E-state index in [1.165, 1.54) is 0 Å². The van der Waals surface area contributed by atoms with Gasteiger partial charge in [0.15, 0.2) is 5.82 Å². The molecular formula is C20H24N6S. The fourth-order valence-electron chi connectivity index (χ4n) is 3.43. The van der Waals surface area contributed by atoms with Gasteiger partial charge in [0.05, 0.1) is 6.67 Å². The second-order valence-corrected chi connectivity index (χ2v) is 7.07. The SMILES string of the molecule is CCN1CCN(Cn2nc(-c3ccncc3)n(-c3ccccc3)c2=S)CC1. The first-order valence-electron chi connectivity index (χ1n) is 9.36. The Morgan fingerprint density at radius 1 is 0.926 bits per heavy atom. The van der Waals surface area contributed by atoms with Gasteiger partial charge in [0, 0.05) is 49.8 Å². The lowest BCUT2D eigenvalue weighted by Gasteiger charge is -2.33. The molecule has 2 aromatic heterocycles. The molecule has 1 fully saturated rings. The van der Waals surface area contributed by atoms with E-state index < -0.39 is 0 Å². The lowest BCUT2D eigenvalue weighted by molar-refractivity contribution is 0.106. The fourth-order valence-corrected chi connectivity index (χ4v) is 3.72. The lowest BCUT2D eigenvalue weighted by atomic mass is 10.2. The van der Waals surface area contributed by atoms with Crippen molar-refractivity contribution in [3.05, 3.63) is 59.6 Å². The molecule has 3 aromatic rings. The number of nitrogens with zero attached hydrogens (tertiary/aromatic N) is 6. The normalized spacial score (nSPS) is 15.9. The minimum Gasteiger partial charge on any atom is -0.301 e. The van der Waals surface area contributed by atoms with Crippen LogP contribution in [-0.4, -0.2) is 61.9 Å². The maximum Gasteiger partial charge on any atom is 0.204 e. The van der Waals surface area contributed by atoms with Crippen molar-refractivity contribution in [1.82, 2.24) is 29.1 Å². The van der Waals surface area contributed by atoms with E-state index in [0.29, 0.717) is 11.4 Å². The Labute approximate surface area is 164 Å². The van der Waals surface area contributed by atoms with Crippen LogP contribution < -0.4 is 0 Å². The standard InChI is InChI=1S/C20H24N6S/c1-2-23-12-14-24(15-13-23)16-25-20(27)26(18-6-4-3-5-7-18)19(22-25)17-8-10-21-11-9-17/h3-11H,2,12-16H2,1H3. The second kappa shape index (κ2) is 8.12. The van der Waals surface area contributed by atoms with Crippen LogP contribution in [0.1, 0.15) is 6.92 Å². The maximum absolute atomic E-state index is 5.82. The molecule has 0 N–H and O–H groups in total. The topological polar surface area (TPSA) is 42.1 Å². The van der Waals surface area contributed by atoms with Gasteiger partial charge in [-0.1, -0.05) is 25.1 Å². The summed E-state index contributed by atoms with van der Waals surface area (Å²) in [6, 6.07) is 14.1. The zero-order chi connectivity index (χ0) is 18.6. The molecule has 0 radical (unpaired) electrons. The fraction of sp³-hybridized carbons (Fsp3) is 0.350. The van der Waals surface area contributed by atoms with Crippen LogP contribution >= 0.6 is 12.2 Å². The number of piperazine rings is 1. The van der Waals surface area contributed by atoms with E-state index in [1.807, 2.05) is 39.6 Å². The summed E-state index contributed by atoms with van der Waals surface area (Å²) in [7, 11) is 0. The number of para-hydroxylation sites is 1. The Kier molecular flexibility index (Phi) is 5.42. The zero-order valence-electron chi connectivity index (χ0n) is 15.5. The molecule has 1 saturated heterocycles. The van der Waals surface area contributed by atoms with Gasteiger partial charge in [0.1, 0.15) is 0 Å². The molecule has 0 atom stereocenters. The molecule has 0 spiro atoms. The Bertz CT molecular complexity index is 926. The molecule has 1 aliphatic rings. The molecule has 0 aliphatic carbocycles. The highest BCUT2D eigenvalue weighted by atomic mass is 32.1. The molecule has 0 amide bonds. The summed E-state index contributed by atoms with van der Waals surface area (Å²) >= 11 is 5.82. The third-order valence-corrected chi connectivity index (χ3v) is 5.43. The molecule has 140 valence electrons. The van der Waals surface area contributed by atoms with Gasteiger partial charge in [0.2, 0.25) is 4.77 Å². The third kappa shape index (κ3) is 3.85. The van der Waals surface area contributed by atoms with Gasteiger partial charge >= 0.3 is 0 Å². The number of likely N-dealkylation sites (N-methyl/N-ethyl adjacent to an activating group) is 1. The van der Waals surface area contributed by atoms with Gasteiger partial charge in [-0.25, -0.2) is 4.68 Å². The first-order chi connectivity index (χ1) is 13.3. The number of benzene rings is 1. The van der Waals surface area contributed by atoms with Crippen molar-refractivity contribution in [3.63, 3.8) is 0 Å². The highest BCUT2D eigenvalue weighted by molar-refractivity contribution is 7.71.